The zero-order valence-corrected chi connectivity index (χ0v) is 11.7. The second-order valence-corrected chi connectivity index (χ2v) is 5.14. The van der Waals surface area contributed by atoms with Crippen LogP contribution in [0.1, 0.15) is 25.2 Å². The zero-order chi connectivity index (χ0) is 12.4. The normalized spacial score (nSPS) is 12.7. The average molecular weight is 315 g/mol. The van der Waals surface area contributed by atoms with Crippen LogP contribution in [0.3, 0.4) is 0 Å². The van der Waals surface area contributed by atoms with Crippen molar-refractivity contribution >= 4 is 27.5 Å². The summed E-state index contributed by atoms with van der Waals surface area (Å²) in [6.45, 7) is 2.03. The van der Waals surface area contributed by atoms with Crippen LogP contribution in [-0.4, -0.2) is 9.97 Å². The molecule has 0 aliphatic carbocycles. The van der Waals surface area contributed by atoms with Crippen LogP contribution in [0.5, 0.6) is 0 Å². The smallest absolute Gasteiger partial charge is 0.123 e. The summed E-state index contributed by atoms with van der Waals surface area (Å²) < 4.78 is 0.955. The highest BCUT2D eigenvalue weighted by atomic mass is 79.9. The van der Waals surface area contributed by atoms with Gasteiger partial charge < -0.3 is 10.7 Å². The number of imidazole rings is 1. The molecular weight excluding hydrogens is 302 g/mol. The van der Waals surface area contributed by atoms with Crippen molar-refractivity contribution in [1.29, 1.82) is 0 Å². The SMILES string of the molecule is CCC(N)c1ncc(-c2ccc(Br)cc2Cl)[nH]1. The molecule has 1 aromatic heterocycles. The van der Waals surface area contributed by atoms with Gasteiger partial charge in [-0.25, -0.2) is 4.98 Å². The first-order valence-electron chi connectivity index (χ1n) is 5.37. The van der Waals surface area contributed by atoms with Crippen molar-refractivity contribution in [1.82, 2.24) is 9.97 Å². The highest BCUT2D eigenvalue weighted by molar-refractivity contribution is 9.10. The molecule has 0 spiro atoms. The van der Waals surface area contributed by atoms with Gasteiger partial charge in [0.2, 0.25) is 0 Å². The Balaban J connectivity index is 2.37. The molecule has 1 atom stereocenters. The fourth-order valence-corrected chi connectivity index (χ4v) is 2.34. The van der Waals surface area contributed by atoms with E-state index in [2.05, 4.69) is 25.9 Å². The second-order valence-electron chi connectivity index (χ2n) is 3.82. The van der Waals surface area contributed by atoms with Crippen LogP contribution >= 0.6 is 27.5 Å². The van der Waals surface area contributed by atoms with Crippen molar-refractivity contribution in [3.8, 4) is 11.3 Å². The van der Waals surface area contributed by atoms with E-state index < -0.39 is 0 Å². The molecule has 0 aliphatic rings. The van der Waals surface area contributed by atoms with Gasteiger partial charge >= 0.3 is 0 Å². The predicted molar refractivity (Wildman–Crippen MR) is 74.0 cm³/mol. The zero-order valence-electron chi connectivity index (χ0n) is 9.37. The Labute approximate surface area is 114 Å². The van der Waals surface area contributed by atoms with Gasteiger partial charge in [0.15, 0.2) is 0 Å². The number of H-pyrrole nitrogens is 1. The Morgan fingerprint density at radius 1 is 1.53 bits per heavy atom. The minimum atomic E-state index is -0.0574. The standard InChI is InChI=1S/C12H13BrClN3/c1-2-10(15)12-16-6-11(17-12)8-4-3-7(13)5-9(8)14/h3-6,10H,2,15H2,1H3,(H,16,17). The molecule has 3 nitrogen and oxygen atoms in total. The number of hydrogen-bond donors (Lipinski definition) is 2. The van der Waals surface area contributed by atoms with Crippen molar-refractivity contribution in [2.75, 3.05) is 0 Å². The van der Waals surface area contributed by atoms with E-state index in [1.54, 1.807) is 6.20 Å². The van der Waals surface area contributed by atoms with Crippen molar-refractivity contribution < 1.29 is 0 Å². The molecule has 0 saturated heterocycles. The molecule has 2 rings (SSSR count). The first kappa shape index (κ1) is 12.6. The number of rotatable bonds is 3. The van der Waals surface area contributed by atoms with Gasteiger partial charge in [-0.15, -0.1) is 0 Å². The van der Waals surface area contributed by atoms with Crippen LogP contribution in [0.2, 0.25) is 5.02 Å². The van der Waals surface area contributed by atoms with Gasteiger partial charge in [0.1, 0.15) is 5.82 Å². The number of nitrogens with zero attached hydrogens (tertiary/aromatic N) is 1. The maximum absolute atomic E-state index is 6.18. The van der Waals surface area contributed by atoms with Gasteiger partial charge in [-0.3, -0.25) is 0 Å². The average Bonchev–Trinajstić information content (AvgIpc) is 2.77. The summed E-state index contributed by atoms with van der Waals surface area (Å²) in [5.41, 5.74) is 7.73. The van der Waals surface area contributed by atoms with Crippen LogP contribution < -0.4 is 5.73 Å². The molecule has 1 aromatic carbocycles. The van der Waals surface area contributed by atoms with Crippen LogP contribution in [0.4, 0.5) is 0 Å². The van der Waals surface area contributed by atoms with Gasteiger partial charge in [-0.1, -0.05) is 40.5 Å². The molecule has 0 amide bonds. The molecule has 3 N–H and O–H groups in total. The van der Waals surface area contributed by atoms with E-state index in [9.17, 15) is 0 Å². The van der Waals surface area contributed by atoms with E-state index in [1.807, 2.05) is 25.1 Å². The maximum atomic E-state index is 6.18. The monoisotopic (exact) mass is 313 g/mol. The number of nitrogens with two attached hydrogens (primary N) is 1. The lowest BCUT2D eigenvalue weighted by atomic mass is 10.2. The van der Waals surface area contributed by atoms with Crippen LogP contribution in [0.25, 0.3) is 11.3 Å². The van der Waals surface area contributed by atoms with Crippen LogP contribution in [0, 0.1) is 0 Å². The molecule has 0 aliphatic heterocycles. The molecule has 0 saturated carbocycles. The molecule has 0 fully saturated rings. The van der Waals surface area contributed by atoms with Crippen molar-refractivity contribution in [3.63, 3.8) is 0 Å². The number of aromatic amines is 1. The van der Waals surface area contributed by atoms with Gasteiger partial charge in [-0.05, 0) is 18.6 Å². The van der Waals surface area contributed by atoms with Crippen LogP contribution in [-0.2, 0) is 0 Å². The summed E-state index contributed by atoms with van der Waals surface area (Å²) >= 11 is 9.56. The first-order chi connectivity index (χ1) is 8.11. The lowest BCUT2D eigenvalue weighted by Gasteiger charge is -2.04. The number of nitrogens with one attached hydrogen (secondary N) is 1. The predicted octanol–water partition coefficient (Wildman–Crippen LogP) is 3.90. The van der Waals surface area contributed by atoms with Crippen molar-refractivity contribution in [2.45, 2.75) is 19.4 Å². The van der Waals surface area contributed by atoms with E-state index in [-0.39, 0.29) is 6.04 Å². The highest BCUT2D eigenvalue weighted by Gasteiger charge is 2.11. The van der Waals surface area contributed by atoms with Crippen molar-refractivity contribution in [3.05, 3.63) is 39.7 Å². The molecular formula is C12H13BrClN3. The minimum absolute atomic E-state index is 0.0574. The van der Waals surface area contributed by atoms with Gasteiger partial charge in [0, 0.05) is 10.0 Å². The number of halogens is 2. The molecule has 2 aromatic rings. The Kier molecular flexibility index (Phi) is 3.86. The van der Waals surface area contributed by atoms with E-state index in [0.29, 0.717) is 5.02 Å². The Bertz CT molecular complexity index is 524. The molecule has 90 valence electrons. The Morgan fingerprint density at radius 2 is 2.29 bits per heavy atom. The fraction of sp³-hybridized carbons (Fsp3) is 0.250. The van der Waals surface area contributed by atoms with Crippen molar-refractivity contribution in [2.24, 2.45) is 5.73 Å². The summed E-state index contributed by atoms with van der Waals surface area (Å²) in [5.74, 6) is 0.793. The molecule has 0 bridgehead atoms. The third-order valence-corrected chi connectivity index (χ3v) is 3.41. The lowest BCUT2D eigenvalue weighted by molar-refractivity contribution is 0.658. The highest BCUT2D eigenvalue weighted by Crippen LogP contribution is 2.29. The van der Waals surface area contributed by atoms with Gasteiger partial charge in [-0.2, -0.15) is 0 Å². The van der Waals surface area contributed by atoms with E-state index in [0.717, 1.165) is 28.0 Å². The first-order valence-corrected chi connectivity index (χ1v) is 6.54. The van der Waals surface area contributed by atoms with E-state index >= 15 is 0 Å². The Morgan fingerprint density at radius 3 is 2.94 bits per heavy atom. The molecule has 1 heterocycles. The lowest BCUT2D eigenvalue weighted by Crippen LogP contribution is -2.10. The molecule has 1 unspecified atom stereocenters. The number of hydrogen-bond acceptors (Lipinski definition) is 2. The van der Waals surface area contributed by atoms with Gasteiger partial charge in [0.05, 0.1) is 23.0 Å². The second kappa shape index (κ2) is 5.21. The van der Waals surface area contributed by atoms with E-state index in [4.69, 9.17) is 17.3 Å². The third-order valence-electron chi connectivity index (χ3n) is 2.61. The summed E-state index contributed by atoms with van der Waals surface area (Å²) in [5, 5.41) is 0.680. The topological polar surface area (TPSA) is 54.7 Å². The van der Waals surface area contributed by atoms with E-state index in [1.165, 1.54) is 0 Å². The maximum Gasteiger partial charge on any atom is 0.123 e. The molecule has 5 heteroatoms. The molecule has 17 heavy (non-hydrogen) atoms. The minimum Gasteiger partial charge on any atom is -0.341 e. The quantitative estimate of drug-likeness (QED) is 0.902. The number of aromatic nitrogens is 2. The summed E-state index contributed by atoms with van der Waals surface area (Å²) in [7, 11) is 0. The largest absolute Gasteiger partial charge is 0.341 e. The number of benzene rings is 1. The summed E-state index contributed by atoms with van der Waals surface area (Å²) in [6, 6.07) is 5.69. The van der Waals surface area contributed by atoms with Gasteiger partial charge in [0.25, 0.3) is 0 Å². The summed E-state index contributed by atoms with van der Waals surface area (Å²) in [6.07, 6.45) is 2.61. The van der Waals surface area contributed by atoms with Crippen LogP contribution in [0.15, 0.2) is 28.9 Å². The third kappa shape index (κ3) is 2.70. The summed E-state index contributed by atoms with van der Waals surface area (Å²) in [4.78, 5) is 7.48. The molecule has 0 radical (unpaired) electrons. The Hall–Kier alpha value is -0.840. The fourth-order valence-electron chi connectivity index (χ4n) is 1.56.